The molecule has 1 aliphatic rings. The van der Waals surface area contributed by atoms with E-state index in [2.05, 4.69) is 12.2 Å². The van der Waals surface area contributed by atoms with Gasteiger partial charge in [0.05, 0.1) is 0 Å². The van der Waals surface area contributed by atoms with Crippen LogP contribution in [0.15, 0.2) is 0 Å². The summed E-state index contributed by atoms with van der Waals surface area (Å²) in [7, 11) is 0. The van der Waals surface area contributed by atoms with E-state index in [9.17, 15) is 4.79 Å². The normalized spacial score (nSPS) is 23.3. The van der Waals surface area contributed by atoms with Crippen LogP contribution >= 0.6 is 0 Å². The quantitative estimate of drug-likeness (QED) is 0.816. The number of hydrogen-bond acceptors (Lipinski definition) is 4. The molecule has 0 radical (unpaired) electrons. The van der Waals surface area contributed by atoms with Crippen LogP contribution in [-0.2, 0) is 4.74 Å². The van der Waals surface area contributed by atoms with Gasteiger partial charge in [-0.05, 0) is 40.0 Å². The first-order valence-corrected chi connectivity index (χ1v) is 7.07. The molecule has 0 aromatic heterocycles. The minimum Gasteiger partial charge on any atom is -0.444 e. The van der Waals surface area contributed by atoms with Crippen molar-refractivity contribution < 1.29 is 14.6 Å². The Kier molecular flexibility index (Phi) is 5.62. The average Bonchev–Trinajstić information content (AvgIpc) is 2.74. The second kappa shape index (κ2) is 6.57. The Bertz CT molecular complexity index is 302. The maximum absolute atomic E-state index is 11.9. The van der Waals surface area contributed by atoms with Gasteiger partial charge in [-0.15, -0.1) is 0 Å². The number of carbonyl (C=O) groups excluding carboxylic acids is 1. The topological polar surface area (TPSA) is 61.8 Å². The number of nitrogens with one attached hydrogen (secondary N) is 1. The van der Waals surface area contributed by atoms with Gasteiger partial charge in [0.25, 0.3) is 0 Å². The fraction of sp³-hybridized carbons (Fsp3) is 0.929. The molecule has 5 nitrogen and oxygen atoms in total. The molecule has 0 aliphatic carbocycles. The van der Waals surface area contributed by atoms with E-state index in [1.54, 1.807) is 4.90 Å². The van der Waals surface area contributed by atoms with E-state index in [4.69, 9.17) is 9.84 Å². The zero-order valence-electron chi connectivity index (χ0n) is 12.8. The second-order valence-corrected chi connectivity index (χ2v) is 6.53. The molecule has 1 heterocycles. The summed E-state index contributed by atoms with van der Waals surface area (Å²) >= 11 is 0. The fourth-order valence-electron chi connectivity index (χ4n) is 2.08. The summed E-state index contributed by atoms with van der Waals surface area (Å²) in [5, 5.41) is 12.6. The summed E-state index contributed by atoms with van der Waals surface area (Å²) in [5.41, 5.74) is -0.443. The third-order valence-corrected chi connectivity index (χ3v) is 3.48. The molecule has 5 heteroatoms. The van der Waals surface area contributed by atoms with Crippen molar-refractivity contribution in [2.75, 3.05) is 19.7 Å². The minimum atomic E-state index is -0.443. The molecule has 3 atom stereocenters. The highest BCUT2D eigenvalue weighted by Crippen LogP contribution is 2.16. The van der Waals surface area contributed by atoms with Crippen LogP contribution < -0.4 is 5.32 Å². The Morgan fingerprint density at radius 2 is 2.11 bits per heavy atom. The van der Waals surface area contributed by atoms with Gasteiger partial charge in [0.2, 0.25) is 0 Å². The van der Waals surface area contributed by atoms with Crippen molar-refractivity contribution in [3.05, 3.63) is 0 Å². The van der Waals surface area contributed by atoms with E-state index in [1.165, 1.54) is 0 Å². The van der Waals surface area contributed by atoms with E-state index >= 15 is 0 Å². The highest BCUT2D eigenvalue weighted by Gasteiger charge is 2.30. The molecule has 3 unspecified atom stereocenters. The van der Waals surface area contributed by atoms with E-state index < -0.39 is 5.60 Å². The SMILES string of the molecule is CC(CO)C(C)NC1CCN(C(=O)OC(C)(C)C)C1. The van der Waals surface area contributed by atoms with Crippen LogP contribution in [0.4, 0.5) is 4.79 Å². The van der Waals surface area contributed by atoms with Crippen molar-refractivity contribution in [1.29, 1.82) is 0 Å². The smallest absolute Gasteiger partial charge is 0.410 e. The molecule has 1 aliphatic heterocycles. The molecular formula is C14H28N2O3. The van der Waals surface area contributed by atoms with Gasteiger partial charge in [-0.2, -0.15) is 0 Å². The van der Waals surface area contributed by atoms with Gasteiger partial charge in [-0.3, -0.25) is 0 Å². The number of rotatable bonds is 4. The predicted molar refractivity (Wildman–Crippen MR) is 75.1 cm³/mol. The standard InChI is InChI=1S/C14H28N2O3/c1-10(9-17)11(2)15-12-6-7-16(8-12)13(18)19-14(3,4)5/h10-12,15,17H,6-9H2,1-5H3. The number of ether oxygens (including phenoxy) is 1. The van der Waals surface area contributed by atoms with Crippen molar-refractivity contribution in [1.82, 2.24) is 10.2 Å². The Morgan fingerprint density at radius 1 is 1.47 bits per heavy atom. The number of nitrogens with zero attached hydrogens (tertiary/aromatic N) is 1. The number of aliphatic hydroxyl groups excluding tert-OH is 1. The molecule has 0 spiro atoms. The summed E-state index contributed by atoms with van der Waals surface area (Å²) in [6, 6.07) is 0.533. The molecule has 0 aromatic carbocycles. The molecular weight excluding hydrogens is 244 g/mol. The maximum Gasteiger partial charge on any atom is 0.410 e. The molecule has 1 rings (SSSR count). The maximum atomic E-state index is 11.9. The van der Waals surface area contributed by atoms with Crippen LogP contribution in [0.5, 0.6) is 0 Å². The first-order chi connectivity index (χ1) is 8.73. The molecule has 0 aromatic rings. The molecule has 1 fully saturated rings. The fourth-order valence-corrected chi connectivity index (χ4v) is 2.08. The minimum absolute atomic E-state index is 0.177. The number of carbonyl (C=O) groups is 1. The number of aliphatic hydroxyl groups is 1. The Morgan fingerprint density at radius 3 is 2.63 bits per heavy atom. The lowest BCUT2D eigenvalue weighted by Gasteiger charge is -2.26. The van der Waals surface area contributed by atoms with Gasteiger partial charge >= 0.3 is 6.09 Å². The third kappa shape index (κ3) is 5.37. The Balaban J connectivity index is 2.39. The Hall–Kier alpha value is -0.810. The van der Waals surface area contributed by atoms with Gasteiger partial charge < -0.3 is 20.1 Å². The number of likely N-dealkylation sites (tertiary alicyclic amines) is 1. The lowest BCUT2D eigenvalue weighted by atomic mass is 10.0. The van der Waals surface area contributed by atoms with Crippen LogP contribution in [0.3, 0.4) is 0 Å². The monoisotopic (exact) mass is 272 g/mol. The first kappa shape index (κ1) is 16.2. The molecule has 1 amide bonds. The summed E-state index contributed by atoms with van der Waals surface area (Å²) in [5.74, 6) is 0.218. The number of amides is 1. The highest BCUT2D eigenvalue weighted by atomic mass is 16.6. The van der Waals surface area contributed by atoms with Crippen molar-refractivity contribution >= 4 is 6.09 Å². The largest absolute Gasteiger partial charge is 0.444 e. The lowest BCUT2D eigenvalue weighted by Crippen LogP contribution is -2.43. The van der Waals surface area contributed by atoms with Crippen LogP contribution in [0.1, 0.15) is 41.0 Å². The van der Waals surface area contributed by atoms with Crippen molar-refractivity contribution in [2.24, 2.45) is 5.92 Å². The second-order valence-electron chi connectivity index (χ2n) is 6.53. The molecule has 19 heavy (non-hydrogen) atoms. The van der Waals surface area contributed by atoms with Gasteiger partial charge in [0.1, 0.15) is 5.60 Å². The molecule has 0 bridgehead atoms. The predicted octanol–water partition coefficient (Wildman–Crippen LogP) is 1.60. The zero-order chi connectivity index (χ0) is 14.6. The third-order valence-electron chi connectivity index (χ3n) is 3.48. The first-order valence-electron chi connectivity index (χ1n) is 7.07. The summed E-state index contributed by atoms with van der Waals surface area (Å²) in [6.07, 6.45) is 0.696. The highest BCUT2D eigenvalue weighted by molar-refractivity contribution is 5.68. The van der Waals surface area contributed by atoms with E-state index in [1.807, 2.05) is 27.7 Å². The van der Waals surface area contributed by atoms with Gasteiger partial charge in [-0.25, -0.2) is 4.79 Å². The van der Waals surface area contributed by atoms with E-state index in [0.717, 1.165) is 13.0 Å². The van der Waals surface area contributed by atoms with Crippen molar-refractivity contribution in [2.45, 2.75) is 58.7 Å². The molecule has 2 N–H and O–H groups in total. The average molecular weight is 272 g/mol. The summed E-state index contributed by atoms with van der Waals surface area (Å²) in [6.45, 7) is 11.3. The summed E-state index contributed by atoms with van der Waals surface area (Å²) in [4.78, 5) is 13.7. The molecule has 112 valence electrons. The zero-order valence-corrected chi connectivity index (χ0v) is 12.8. The van der Waals surface area contributed by atoms with E-state index in [0.29, 0.717) is 6.54 Å². The number of hydrogen-bond donors (Lipinski definition) is 2. The Labute approximate surface area is 116 Å². The van der Waals surface area contributed by atoms with Crippen LogP contribution in [-0.4, -0.2) is 53.5 Å². The summed E-state index contributed by atoms with van der Waals surface area (Å²) < 4.78 is 5.36. The van der Waals surface area contributed by atoms with Gasteiger partial charge in [0, 0.05) is 31.8 Å². The van der Waals surface area contributed by atoms with Crippen LogP contribution in [0.25, 0.3) is 0 Å². The van der Waals surface area contributed by atoms with Crippen molar-refractivity contribution in [3.8, 4) is 0 Å². The van der Waals surface area contributed by atoms with Crippen LogP contribution in [0.2, 0.25) is 0 Å². The van der Waals surface area contributed by atoms with Gasteiger partial charge in [0.15, 0.2) is 0 Å². The van der Waals surface area contributed by atoms with E-state index in [-0.39, 0.29) is 30.7 Å². The van der Waals surface area contributed by atoms with Crippen LogP contribution in [0, 0.1) is 5.92 Å². The van der Waals surface area contributed by atoms with Crippen molar-refractivity contribution in [3.63, 3.8) is 0 Å². The van der Waals surface area contributed by atoms with Gasteiger partial charge in [-0.1, -0.05) is 6.92 Å². The molecule has 0 saturated carbocycles. The lowest BCUT2D eigenvalue weighted by molar-refractivity contribution is 0.0289. The molecule has 1 saturated heterocycles.